The second-order valence-corrected chi connectivity index (χ2v) is 3.69. The number of aromatic nitrogens is 7. The number of hydrogen-bond acceptors (Lipinski definition) is 6. The molecule has 9 heteroatoms. The van der Waals surface area contributed by atoms with E-state index in [0.29, 0.717) is 23.1 Å². The fraction of sp³-hybridized carbons (Fsp3) is 0.222. The minimum Gasteiger partial charge on any atom is -0.324 e. The Morgan fingerprint density at radius 1 is 1.50 bits per heavy atom. The van der Waals surface area contributed by atoms with Crippen molar-refractivity contribution in [1.82, 2.24) is 34.3 Å². The van der Waals surface area contributed by atoms with E-state index < -0.39 is 0 Å². The molecule has 9 nitrogen and oxygen atoms in total. The Labute approximate surface area is 100 Å². The summed E-state index contributed by atoms with van der Waals surface area (Å²) in [5, 5.41) is 10.4. The van der Waals surface area contributed by atoms with Gasteiger partial charge in [0.15, 0.2) is 17.3 Å². The minimum atomic E-state index is -0.317. The van der Waals surface area contributed by atoms with Gasteiger partial charge in [-0.1, -0.05) is 0 Å². The van der Waals surface area contributed by atoms with Crippen LogP contribution in [0.4, 0.5) is 0 Å². The maximum absolute atomic E-state index is 11.5. The number of nitrogens with two attached hydrogens (primary N) is 1. The van der Waals surface area contributed by atoms with Crippen LogP contribution in [0.25, 0.3) is 11.5 Å². The average molecular weight is 246 g/mol. The molecule has 0 aliphatic rings. The number of nitrogens with one attached hydrogen (secondary N) is 1. The van der Waals surface area contributed by atoms with Gasteiger partial charge in [-0.05, 0) is 6.92 Å². The monoisotopic (exact) mass is 246 g/mol. The van der Waals surface area contributed by atoms with E-state index in [-0.39, 0.29) is 12.2 Å². The van der Waals surface area contributed by atoms with Crippen molar-refractivity contribution in [3.63, 3.8) is 0 Å². The number of fused-ring (bicyclic) bond motifs is 1. The van der Waals surface area contributed by atoms with Gasteiger partial charge in [0.1, 0.15) is 12.2 Å². The second kappa shape index (κ2) is 3.74. The third-order valence-corrected chi connectivity index (χ3v) is 2.51. The molecule has 0 bridgehead atoms. The summed E-state index contributed by atoms with van der Waals surface area (Å²) < 4.78 is 2.87. The highest BCUT2D eigenvalue weighted by molar-refractivity contribution is 5.43. The van der Waals surface area contributed by atoms with E-state index in [1.807, 2.05) is 0 Å². The highest BCUT2D eigenvalue weighted by atomic mass is 16.1. The molecule has 0 spiro atoms. The van der Waals surface area contributed by atoms with Crippen LogP contribution in [0.15, 0.2) is 17.2 Å². The molecular weight excluding hydrogens is 236 g/mol. The molecule has 0 saturated carbocycles. The first-order valence-corrected chi connectivity index (χ1v) is 5.25. The summed E-state index contributed by atoms with van der Waals surface area (Å²) in [7, 11) is 0. The van der Waals surface area contributed by atoms with Gasteiger partial charge in [-0.25, -0.2) is 28.9 Å². The molecule has 0 radical (unpaired) electrons. The Balaban J connectivity index is 2.21. The van der Waals surface area contributed by atoms with Crippen molar-refractivity contribution >= 4 is 5.65 Å². The van der Waals surface area contributed by atoms with Gasteiger partial charge in [-0.3, -0.25) is 0 Å². The highest BCUT2D eigenvalue weighted by Gasteiger charge is 2.09. The molecule has 0 atom stereocenters. The van der Waals surface area contributed by atoms with Crippen LogP contribution in [0, 0.1) is 6.92 Å². The molecule has 18 heavy (non-hydrogen) atoms. The molecule has 0 fully saturated rings. The Hall–Kier alpha value is -2.55. The summed E-state index contributed by atoms with van der Waals surface area (Å²) in [5.74, 6) is 1.57. The van der Waals surface area contributed by atoms with Crippen molar-refractivity contribution < 1.29 is 0 Å². The lowest BCUT2D eigenvalue weighted by Gasteiger charge is -2.02. The summed E-state index contributed by atoms with van der Waals surface area (Å²) >= 11 is 0. The molecule has 3 aromatic rings. The largest absolute Gasteiger partial charge is 0.349 e. The first-order chi connectivity index (χ1) is 8.69. The first-order valence-electron chi connectivity index (χ1n) is 5.25. The molecule has 3 aromatic heterocycles. The van der Waals surface area contributed by atoms with Gasteiger partial charge in [-0.2, -0.15) is 5.10 Å². The van der Waals surface area contributed by atoms with Crippen molar-refractivity contribution in [3.05, 3.63) is 34.5 Å². The molecule has 0 aliphatic heterocycles. The molecule has 3 N–H and O–H groups in total. The third-order valence-electron chi connectivity index (χ3n) is 2.51. The normalized spacial score (nSPS) is 11.2. The lowest BCUT2D eigenvalue weighted by atomic mass is 10.5. The maximum atomic E-state index is 11.5. The van der Waals surface area contributed by atoms with Crippen LogP contribution in [0.3, 0.4) is 0 Å². The second-order valence-electron chi connectivity index (χ2n) is 3.69. The molecule has 0 aromatic carbocycles. The number of nitrogens with zero attached hydrogens (tertiary/aromatic N) is 6. The van der Waals surface area contributed by atoms with Gasteiger partial charge in [0.2, 0.25) is 0 Å². The van der Waals surface area contributed by atoms with E-state index in [2.05, 4.69) is 25.3 Å². The Morgan fingerprint density at radius 2 is 2.33 bits per heavy atom. The quantitative estimate of drug-likeness (QED) is 0.584. The van der Waals surface area contributed by atoms with Crippen LogP contribution in [0.2, 0.25) is 0 Å². The third kappa shape index (κ3) is 1.49. The van der Waals surface area contributed by atoms with Crippen molar-refractivity contribution in [1.29, 1.82) is 0 Å². The summed E-state index contributed by atoms with van der Waals surface area (Å²) in [6, 6.07) is 1.64. The molecule has 0 saturated heterocycles. The lowest BCUT2D eigenvalue weighted by Crippen LogP contribution is -2.14. The van der Waals surface area contributed by atoms with Crippen LogP contribution >= 0.6 is 0 Å². The van der Waals surface area contributed by atoms with Gasteiger partial charge in [0, 0.05) is 6.07 Å². The predicted molar refractivity (Wildman–Crippen MR) is 61.2 cm³/mol. The van der Waals surface area contributed by atoms with Gasteiger partial charge in [0.25, 0.3) is 0 Å². The molecule has 0 unspecified atom stereocenters. The van der Waals surface area contributed by atoms with Crippen LogP contribution < -0.4 is 11.4 Å². The van der Waals surface area contributed by atoms with Gasteiger partial charge in [0.05, 0.1) is 6.54 Å². The maximum Gasteiger partial charge on any atom is 0.349 e. The van der Waals surface area contributed by atoms with E-state index in [1.54, 1.807) is 13.0 Å². The SMILES string of the molecule is Cc1nc(-n2cnc(CN)n2)cc2n[nH]c(=O)n12. The van der Waals surface area contributed by atoms with Crippen molar-refractivity contribution in [3.8, 4) is 5.82 Å². The number of aryl methyl sites for hydroxylation is 1. The number of aromatic amines is 1. The lowest BCUT2D eigenvalue weighted by molar-refractivity contribution is 0.791. The smallest absolute Gasteiger partial charge is 0.324 e. The molecule has 3 rings (SSSR count). The zero-order valence-corrected chi connectivity index (χ0v) is 9.53. The molecular formula is C9H10N8O. The van der Waals surface area contributed by atoms with Gasteiger partial charge < -0.3 is 5.73 Å². The fourth-order valence-corrected chi connectivity index (χ4v) is 1.70. The summed E-state index contributed by atoms with van der Waals surface area (Å²) in [6.45, 7) is 1.98. The summed E-state index contributed by atoms with van der Waals surface area (Å²) in [6.07, 6.45) is 1.52. The number of rotatable bonds is 2. The fourth-order valence-electron chi connectivity index (χ4n) is 1.70. The molecule has 0 amide bonds. The van der Waals surface area contributed by atoms with E-state index in [0.717, 1.165) is 0 Å². The summed E-state index contributed by atoms with van der Waals surface area (Å²) in [5.41, 5.74) is 5.61. The van der Waals surface area contributed by atoms with Crippen molar-refractivity contribution in [2.75, 3.05) is 0 Å². The van der Waals surface area contributed by atoms with E-state index >= 15 is 0 Å². The van der Waals surface area contributed by atoms with Crippen LogP contribution in [-0.2, 0) is 6.54 Å². The van der Waals surface area contributed by atoms with Crippen molar-refractivity contribution in [2.45, 2.75) is 13.5 Å². The van der Waals surface area contributed by atoms with E-state index in [9.17, 15) is 4.79 Å². The molecule has 92 valence electrons. The topological polar surface area (TPSA) is 120 Å². The van der Waals surface area contributed by atoms with Crippen LogP contribution in [-0.4, -0.2) is 34.3 Å². The predicted octanol–water partition coefficient (Wildman–Crippen LogP) is -1.23. The Morgan fingerprint density at radius 3 is 3.06 bits per heavy atom. The van der Waals surface area contributed by atoms with Crippen molar-refractivity contribution in [2.24, 2.45) is 5.73 Å². The Bertz CT molecular complexity index is 766. The Kier molecular flexibility index (Phi) is 2.20. The number of hydrogen-bond donors (Lipinski definition) is 2. The minimum absolute atomic E-state index is 0.260. The number of H-pyrrole nitrogens is 1. The van der Waals surface area contributed by atoms with E-state index in [1.165, 1.54) is 15.4 Å². The van der Waals surface area contributed by atoms with Gasteiger partial charge in [-0.15, -0.1) is 5.10 Å². The van der Waals surface area contributed by atoms with E-state index in [4.69, 9.17) is 5.73 Å². The van der Waals surface area contributed by atoms with Crippen LogP contribution in [0.1, 0.15) is 11.6 Å². The molecule has 0 aliphatic carbocycles. The highest BCUT2D eigenvalue weighted by Crippen LogP contribution is 2.07. The van der Waals surface area contributed by atoms with Gasteiger partial charge >= 0.3 is 5.69 Å². The zero-order valence-electron chi connectivity index (χ0n) is 9.53. The first kappa shape index (κ1) is 10.6. The average Bonchev–Trinajstić information content (AvgIpc) is 2.96. The molecule has 3 heterocycles. The summed E-state index contributed by atoms with van der Waals surface area (Å²) in [4.78, 5) is 19.7. The van der Waals surface area contributed by atoms with Crippen LogP contribution in [0.5, 0.6) is 0 Å². The standard InChI is InChI=1S/C9H10N8O/c1-5-12-7(16-4-11-6(3-10)15-16)2-8-13-14-9(18)17(5)8/h2,4H,3,10H2,1H3,(H,14,18). The zero-order chi connectivity index (χ0) is 12.7.